The Hall–Kier alpha value is -4.35. The Balaban J connectivity index is 1.45. The fraction of sp³-hybridized carbons (Fsp3) is 0.242. The first-order valence-electron chi connectivity index (χ1n) is 14.0. The molecule has 0 bridgehead atoms. The highest BCUT2D eigenvalue weighted by Gasteiger charge is 2.49. The first-order valence-corrected chi connectivity index (χ1v) is 15.8. The molecule has 1 saturated heterocycles. The first kappa shape index (κ1) is 29.7. The molecular weight excluding hydrogens is 598 g/mol. The van der Waals surface area contributed by atoms with Gasteiger partial charge in [0, 0.05) is 11.9 Å². The second-order valence-corrected chi connectivity index (χ2v) is 13.9. The fourth-order valence-corrected chi connectivity index (χ4v) is 7.15. The summed E-state index contributed by atoms with van der Waals surface area (Å²) < 4.78 is 16.5. The molecule has 4 heterocycles. The maximum atomic E-state index is 14.2. The van der Waals surface area contributed by atoms with Gasteiger partial charge in [-0.2, -0.15) is 0 Å². The van der Waals surface area contributed by atoms with E-state index in [1.807, 2.05) is 60.8 Å². The lowest BCUT2D eigenvalue weighted by molar-refractivity contribution is -0.132. The number of Topliss-reactive ketones (excluding diaryl/α,β-unsaturated/α-hetero) is 1. The molecule has 0 saturated carbocycles. The fourth-order valence-electron chi connectivity index (χ4n) is 5.30. The number of fused-ring (bicyclic) bond motifs is 1. The summed E-state index contributed by atoms with van der Waals surface area (Å²) in [6.07, 6.45) is 1.84. The summed E-state index contributed by atoms with van der Waals surface area (Å²) in [5.41, 5.74) is 4.45. The van der Waals surface area contributed by atoms with Gasteiger partial charge in [-0.05, 0) is 53.6 Å². The van der Waals surface area contributed by atoms with Gasteiger partial charge >= 0.3 is 5.91 Å². The molecule has 3 aromatic heterocycles. The summed E-state index contributed by atoms with van der Waals surface area (Å²) in [5.74, 6) is -2.00. The van der Waals surface area contributed by atoms with Crippen LogP contribution < -0.4 is 4.90 Å². The van der Waals surface area contributed by atoms with Crippen molar-refractivity contribution in [2.24, 2.45) is 0 Å². The van der Waals surface area contributed by atoms with Crippen LogP contribution in [0.1, 0.15) is 60.5 Å². The van der Waals surface area contributed by atoms with E-state index in [0.717, 1.165) is 22.5 Å². The minimum atomic E-state index is -0.966. The minimum absolute atomic E-state index is 0.0709. The topological polar surface area (TPSA) is 101 Å². The molecule has 1 fully saturated rings. The van der Waals surface area contributed by atoms with E-state index in [1.54, 1.807) is 18.2 Å². The van der Waals surface area contributed by atoms with E-state index < -0.39 is 17.7 Å². The van der Waals surface area contributed by atoms with Crippen molar-refractivity contribution < 1.29 is 19.1 Å². The van der Waals surface area contributed by atoms with Crippen molar-refractivity contribution in [3.05, 3.63) is 112 Å². The van der Waals surface area contributed by atoms with Gasteiger partial charge in [0.05, 0.1) is 17.3 Å². The Morgan fingerprint density at radius 3 is 2.43 bits per heavy atom. The average molecular weight is 628 g/mol. The van der Waals surface area contributed by atoms with Crippen LogP contribution >= 0.6 is 23.1 Å². The summed E-state index contributed by atoms with van der Waals surface area (Å²) >= 11 is 2.42. The molecule has 5 aromatic rings. The van der Waals surface area contributed by atoms with Crippen LogP contribution in [0.5, 0.6) is 0 Å². The van der Waals surface area contributed by atoms with E-state index >= 15 is 0 Å². The molecule has 0 radical (unpaired) electrons. The number of anilines is 1. The number of halogens is 1. The van der Waals surface area contributed by atoms with E-state index in [0.29, 0.717) is 32.6 Å². The standard InChI is InChI=1S/C33H30FN5O3S2/c1-18-9-8-16-38-19(2)25(35-29(18)38)27(40)24-26(20-12-14-22(15-13-20)33(3,4)5)39(30(42)28(24)41)31-36-37-32(44-31)43-17-21-10-6-7-11-23(21)34/h6-16,26,40H,17H2,1-5H3. The van der Waals surface area contributed by atoms with Gasteiger partial charge in [-0.1, -0.05) is 92.4 Å². The Labute approximate surface area is 262 Å². The zero-order chi connectivity index (χ0) is 31.3. The first-order chi connectivity index (χ1) is 21.0. The molecule has 1 aliphatic heterocycles. The van der Waals surface area contributed by atoms with Crippen molar-refractivity contribution in [3.63, 3.8) is 0 Å². The number of aliphatic hydroxyl groups is 1. The van der Waals surface area contributed by atoms with Gasteiger partial charge in [-0.3, -0.25) is 14.5 Å². The van der Waals surface area contributed by atoms with Gasteiger partial charge in [0.1, 0.15) is 17.2 Å². The molecule has 1 atom stereocenters. The monoisotopic (exact) mass is 627 g/mol. The number of thioether (sulfide) groups is 1. The number of amides is 1. The number of ketones is 1. The number of aromatic nitrogens is 4. The highest BCUT2D eigenvalue weighted by molar-refractivity contribution is 8.00. The molecule has 0 spiro atoms. The smallest absolute Gasteiger partial charge is 0.301 e. The molecule has 2 aromatic carbocycles. The third kappa shape index (κ3) is 5.20. The van der Waals surface area contributed by atoms with E-state index in [2.05, 4.69) is 36.0 Å². The van der Waals surface area contributed by atoms with Crippen LogP contribution in [-0.4, -0.2) is 36.4 Å². The van der Waals surface area contributed by atoms with Gasteiger partial charge < -0.3 is 9.51 Å². The molecule has 44 heavy (non-hydrogen) atoms. The summed E-state index contributed by atoms with van der Waals surface area (Å²) in [7, 11) is 0. The van der Waals surface area contributed by atoms with Gasteiger partial charge in [-0.25, -0.2) is 9.37 Å². The lowest BCUT2D eigenvalue weighted by Gasteiger charge is -2.24. The number of benzene rings is 2. The van der Waals surface area contributed by atoms with Gasteiger partial charge in [-0.15, -0.1) is 10.2 Å². The third-order valence-electron chi connectivity index (χ3n) is 7.76. The third-order valence-corrected chi connectivity index (χ3v) is 9.86. The molecule has 1 aliphatic rings. The predicted molar refractivity (Wildman–Crippen MR) is 170 cm³/mol. The molecular formula is C33H30FN5O3S2. The molecule has 1 N–H and O–H groups in total. The number of nitrogens with zero attached hydrogens (tertiary/aromatic N) is 5. The number of hydrogen-bond donors (Lipinski definition) is 1. The summed E-state index contributed by atoms with van der Waals surface area (Å²) in [6.45, 7) is 10.0. The van der Waals surface area contributed by atoms with Crippen molar-refractivity contribution in [2.75, 3.05) is 4.90 Å². The molecule has 1 amide bonds. The van der Waals surface area contributed by atoms with Crippen LogP contribution in [0.4, 0.5) is 9.52 Å². The highest BCUT2D eigenvalue weighted by Crippen LogP contribution is 2.44. The van der Waals surface area contributed by atoms with Crippen molar-refractivity contribution >= 4 is 51.3 Å². The van der Waals surface area contributed by atoms with Crippen LogP contribution in [0, 0.1) is 19.7 Å². The number of carbonyl (C=O) groups excluding carboxylic acids is 2. The van der Waals surface area contributed by atoms with Crippen molar-refractivity contribution in [2.45, 2.75) is 56.2 Å². The van der Waals surface area contributed by atoms with E-state index in [4.69, 9.17) is 0 Å². The molecule has 0 aliphatic carbocycles. The summed E-state index contributed by atoms with van der Waals surface area (Å²) in [4.78, 5) is 33.4. The average Bonchev–Trinajstić information content (AvgIpc) is 3.67. The van der Waals surface area contributed by atoms with E-state index in [1.165, 1.54) is 22.7 Å². The molecule has 6 rings (SSSR count). The van der Waals surface area contributed by atoms with E-state index in [9.17, 15) is 19.1 Å². The van der Waals surface area contributed by atoms with Crippen LogP contribution in [0.3, 0.4) is 0 Å². The number of carbonyl (C=O) groups is 2. The van der Waals surface area contributed by atoms with Crippen LogP contribution in [0.15, 0.2) is 76.8 Å². The van der Waals surface area contributed by atoms with Crippen molar-refractivity contribution in [3.8, 4) is 0 Å². The second-order valence-electron chi connectivity index (χ2n) is 11.7. The number of aryl methyl sites for hydroxylation is 2. The van der Waals surface area contributed by atoms with Gasteiger partial charge in [0.2, 0.25) is 5.13 Å². The zero-order valence-electron chi connectivity index (χ0n) is 24.8. The Morgan fingerprint density at radius 2 is 1.75 bits per heavy atom. The summed E-state index contributed by atoms with van der Waals surface area (Å²) in [5, 5.41) is 20.4. The maximum absolute atomic E-state index is 14.2. The number of pyridine rings is 1. The Kier molecular flexibility index (Phi) is 7.63. The van der Waals surface area contributed by atoms with Crippen molar-refractivity contribution in [1.82, 2.24) is 19.6 Å². The SMILES string of the molecule is Cc1cccn2c(C)c(C(O)=C3C(=O)C(=O)N(c4nnc(SCc5ccccc5F)s4)C3c3ccc(C(C)(C)C)cc3)nc12. The van der Waals surface area contributed by atoms with E-state index in [-0.39, 0.29) is 33.4 Å². The van der Waals surface area contributed by atoms with Crippen molar-refractivity contribution in [1.29, 1.82) is 0 Å². The highest BCUT2D eigenvalue weighted by atomic mass is 32.2. The Bertz CT molecular complexity index is 1960. The number of hydrogen-bond acceptors (Lipinski definition) is 8. The minimum Gasteiger partial charge on any atom is -0.505 e. The quantitative estimate of drug-likeness (QED) is 0.0701. The number of aliphatic hydroxyl groups excluding tert-OH is 1. The maximum Gasteiger partial charge on any atom is 0.301 e. The zero-order valence-corrected chi connectivity index (χ0v) is 26.5. The lowest BCUT2D eigenvalue weighted by Crippen LogP contribution is -2.29. The van der Waals surface area contributed by atoms with Crippen LogP contribution in [0.2, 0.25) is 0 Å². The molecule has 1 unspecified atom stereocenters. The number of imidazole rings is 1. The lowest BCUT2D eigenvalue weighted by atomic mass is 9.85. The van der Waals surface area contributed by atoms with Crippen LogP contribution in [-0.2, 0) is 20.8 Å². The summed E-state index contributed by atoms with van der Waals surface area (Å²) in [6, 6.07) is 17.0. The molecule has 8 nitrogen and oxygen atoms in total. The Morgan fingerprint density at radius 1 is 1.02 bits per heavy atom. The van der Waals surface area contributed by atoms with Gasteiger partial charge in [0.15, 0.2) is 10.1 Å². The van der Waals surface area contributed by atoms with Gasteiger partial charge in [0.25, 0.3) is 5.78 Å². The van der Waals surface area contributed by atoms with Crippen LogP contribution in [0.25, 0.3) is 11.4 Å². The molecule has 224 valence electrons. The predicted octanol–water partition coefficient (Wildman–Crippen LogP) is 7.16. The normalized spacial score (nSPS) is 16.8. The second kappa shape index (κ2) is 11.3. The number of rotatable bonds is 6. The molecule has 11 heteroatoms. The largest absolute Gasteiger partial charge is 0.505 e.